The number of nitrogens with zero attached hydrogens (tertiary/aromatic N) is 4. The monoisotopic (exact) mass is 420 g/mol. The Labute approximate surface area is 179 Å². The lowest BCUT2D eigenvalue weighted by atomic mass is 9.98. The fourth-order valence-corrected chi connectivity index (χ4v) is 3.89. The maximum Gasteiger partial charge on any atom is 0.240 e. The van der Waals surface area contributed by atoms with Crippen molar-refractivity contribution in [3.8, 4) is 11.5 Å². The van der Waals surface area contributed by atoms with Crippen LogP contribution in [-0.4, -0.2) is 40.2 Å². The van der Waals surface area contributed by atoms with Crippen LogP contribution in [0.15, 0.2) is 57.5 Å². The van der Waals surface area contributed by atoms with Crippen LogP contribution in [-0.2, 0) is 13.2 Å². The van der Waals surface area contributed by atoms with Crippen molar-refractivity contribution in [2.45, 2.75) is 31.9 Å². The minimum absolute atomic E-state index is 0.251. The first-order chi connectivity index (χ1) is 15.3. The van der Waals surface area contributed by atoms with E-state index in [0.717, 1.165) is 54.4 Å². The zero-order valence-corrected chi connectivity index (χ0v) is 17.4. The molecule has 0 spiro atoms. The van der Waals surface area contributed by atoms with E-state index in [4.69, 9.17) is 18.4 Å². The number of hydrogen-bond acceptors (Lipinski definition) is 8. The number of methoxy groups -OCH3 is 1. The second-order valence-electron chi connectivity index (χ2n) is 7.66. The molecular formula is C23H24N4O4. The zero-order valence-electron chi connectivity index (χ0n) is 17.4. The summed E-state index contributed by atoms with van der Waals surface area (Å²) in [6, 6.07) is 15.3. The predicted molar refractivity (Wildman–Crippen MR) is 113 cm³/mol. The van der Waals surface area contributed by atoms with Gasteiger partial charge in [0.2, 0.25) is 11.7 Å². The first-order valence-corrected chi connectivity index (χ1v) is 10.4. The maximum atomic E-state index is 5.99. The summed E-state index contributed by atoms with van der Waals surface area (Å²) in [5.74, 6) is 3.70. The van der Waals surface area contributed by atoms with Gasteiger partial charge in [0.1, 0.15) is 17.0 Å². The van der Waals surface area contributed by atoms with Gasteiger partial charge in [-0.3, -0.25) is 4.90 Å². The van der Waals surface area contributed by atoms with E-state index < -0.39 is 0 Å². The zero-order chi connectivity index (χ0) is 21.0. The van der Waals surface area contributed by atoms with Crippen LogP contribution in [0.1, 0.15) is 36.4 Å². The minimum atomic E-state index is 0.251. The minimum Gasteiger partial charge on any atom is -0.497 e. The maximum absolute atomic E-state index is 5.99. The van der Waals surface area contributed by atoms with E-state index in [9.17, 15) is 0 Å². The molecule has 1 atom stereocenters. The lowest BCUT2D eigenvalue weighted by Gasteiger charge is -2.29. The van der Waals surface area contributed by atoms with Gasteiger partial charge in [0.05, 0.1) is 13.7 Å². The molecule has 2 aromatic carbocycles. The van der Waals surface area contributed by atoms with Gasteiger partial charge < -0.3 is 18.4 Å². The SMILES string of the molecule is COc1ccc(OCc2noc(CN3CCC[C@H](c4nc5ccccc5o4)C3)n2)cc1. The molecule has 1 aliphatic rings. The number of hydrogen-bond donors (Lipinski definition) is 0. The number of oxazole rings is 1. The average Bonchev–Trinajstić information content (AvgIpc) is 3.45. The standard InChI is InChI=1S/C23H24N4O4/c1-28-17-8-10-18(11-9-17)29-15-21-25-22(31-26-21)14-27-12-4-5-16(13-27)23-24-19-6-2-3-7-20(19)30-23/h2-3,6-11,16H,4-5,12-15H2,1H3/t16-/m0/s1. The van der Waals surface area contributed by atoms with Gasteiger partial charge in [0.25, 0.3) is 0 Å². The Hall–Kier alpha value is -3.39. The number of likely N-dealkylation sites (tertiary alicyclic amines) is 1. The van der Waals surface area contributed by atoms with E-state index in [-0.39, 0.29) is 12.5 Å². The molecule has 0 radical (unpaired) electrons. The summed E-state index contributed by atoms with van der Waals surface area (Å²) in [6.45, 7) is 2.69. The molecule has 0 bridgehead atoms. The summed E-state index contributed by atoms with van der Waals surface area (Å²) in [5.41, 5.74) is 1.75. The number of benzene rings is 2. The van der Waals surface area contributed by atoms with Crippen LogP contribution in [0.2, 0.25) is 0 Å². The molecule has 1 saturated heterocycles. The molecule has 4 aromatic rings. The topological polar surface area (TPSA) is 86.7 Å². The molecule has 8 heteroatoms. The van der Waals surface area contributed by atoms with E-state index >= 15 is 0 Å². The number of aromatic nitrogens is 3. The van der Waals surface area contributed by atoms with E-state index in [1.54, 1.807) is 7.11 Å². The summed E-state index contributed by atoms with van der Waals surface area (Å²) < 4.78 is 22.3. The van der Waals surface area contributed by atoms with Gasteiger partial charge in [0, 0.05) is 12.5 Å². The first-order valence-electron chi connectivity index (χ1n) is 10.4. The van der Waals surface area contributed by atoms with E-state index in [1.165, 1.54) is 0 Å². The summed E-state index contributed by atoms with van der Waals surface area (Å²) in [5, 5.41) is 4.04. The molecule has 0 unspecified atom stereocenters. The molecule has 31 heavy (non-hydrogen) atoms. The fourth-order valence-electron chi connectivity index (χ4n) is 3.89. The Morgan fingerprint density at radius 3 is 2.74 bits per heavy atom. The molecule has 8 nitrogen and oxygen atoms in total. The van der Waals surface area contributed by atoms with Crippen molar-refractivity contribution >= 4 is 11.1 Å². The first kappa shape index (κ1) is 19.6. The molecule has 0 N–H and O–H groups in total. The average molecular weight is 420 g/mol. The summed E-state index contributed by atoms with van der Waals surface area (Å²) in [4.78, 5) is 11.5. The van der Waals surface area contributed by atoms with Crippen molar-refractivity contribution in [2.24, 2.45) is 0 Å². The van der Waals surface area contributed by atoms with Gasteiger partial charge in [-0.05, 0) is 55.8 Å². The van der Waals surface area contributed by atoms with Crippen molar-refractivity contribution in [3.63, 3.8) is 0 Å². The quantitative estimate of drug-likeness (QED) is 0.440. The van der Waals surface area contributed by atoms with Crippen LogP contribution >= 0.6 is 0 Å². The Morgan fingerprint density at radius 2 is 1.90 bits per heavy atom. The number of fused-ring (bicyclic) bond motifs is 1. The van der Waals surface area contributed by atoms with Gasteiger partial charge in [0.15, 0.2) is 18.1 Å². The molecule has 0 aliphatic carbocycles. The largest absolute Gasteiger partial charge is 0.497 e. The van der Waals surface area contributed by atoms with Gasteiger partial charge in [-0.1, -0.05) is 17.3 Å². The number of ether oxygens (including phenoxy) is 2. The molecular weight excluding hydrogens is 396 g/mol. The molecule has 0 amide bonds. The molecule has 0 saturated carbocycles. The lowest BCUT2D eigenvalue weighted by molar-refractivity contribution is 0.167. The number of rotatable bonds is 7. The molecule has 2 aromatic heterocycles. The van der Waals surface area contributed by atoms with E-state index in [1.807, 2.05) is 48.5 Å². The van der Waals surface area contributed by atoms with Gasteiger partial charge in [-0.15, -0.1) is 0 Å². The van der Waals surface area contributed by atoms with Crippen LogP contribution in [0.3, 0.4) is 0 Å². The second kappa shape index (κ2) is 8.77. The van der Waals surface area contributed by atoms with Crippen LogP contribution in [0.25, 0.3) is 11.1 Å². The van der Waals surface area contributed by atoms with Crippen molar-refractivity contribution in [3.05, 3.63) is 66.1 Å². The normalized spacial score (nSPS) is 17.1. The van der Waals surface area contributed by atoms with Crippen molar-refractivity contribution in [1.82, 2.24) is 20.0 Å². The smallest absolute Gasteiger partial charge is 0.240 e. The van der Waals surface area contributed by atoms with Gasteiger partial charge in [-0.25, -0.2) is 4.98 Å². The highest BCUT2D eigenvalue weighted by atomic mass is 16.5. The van der Waals surface area contributed by atoms with E-state index in [2.05, 4.69) is 20.0 Å². The summed E-state index contributed by atoms with van der Waals surface area (Å²) in [6.07, 6.45) is 2.14. The third kappa shape index (κ3) is 4.54. The third-order valence-corrected chi connectivity index (χ3v) is 5.46. The van der Waals surface area contributed by atoms with Crippen LogP contribution in [0.5, 0.6) is 11.5 Å². The predicted octanol–water partition coefficient (Wildman–Crippen LogP) is 4.18. The van der Waals surface area contributed by atoms with Gasteiger partial charge >= 0.3 is 0 Å². The molecule has 1 aliphatic heterocycles. The lowest BCUT2D eigenvalue weighted by Crippen LogP contribution is -2.34. The van der Waals surface area contributed by atoms with Crippen LogP contribution in [0.4, 0.5) is 0 Å². The number of piperidine rings is 1. The Kier molecular flexibility index (Phi) is 5.54. The van der Waals surface area contributed by atoms with Crippen molar-refractivity contribution in [2.75, 3.05) is 20.2 Å². The molecule has 160 valence electrons. The summed E-state index contributed by atoms with van der Waals surface area (Å²) in [7, 11) is 1.63. The van der Waals surface area contributed by atoms with Crippen molar-refractivity contribution < 1.29 is 18.4 Å². The third-order valence-electron chi connectivity index (χ3n) is 5.46. The highest BCUT2D eigenvalue weighted by molar-refractivity contribution is 5.72. The summed E-state index contributed by atoms with van der Waals surface area (Å²) >= 11 is 0. The Balaban J connectivity index is 1.17. The van der Waals surface area contributed by atoms with Crippen LogP contribution < -0.4 is 9.47 Å². The highest BCUT2D eigenvalue weighted by Crippen LogP contribution is 2.29. The Morgan fingerprint density at radius 1 is 1.06 bits per heavy atom. The second-order valence-corrected chi connectivity index (χ2v) is 7.66. The molecule has 3 heterocycles. The highest BCUT2D eigenvalue weighted by Gasteiger charge is 2.26. The van der Waals surface area contributed by atoms with E-state index in [0.29, 0.717) is 18.3 Å². The number of para-hydroxylation sites is 2. The van der Waals surface area contributed by atoms with Gasteiger partial charge in [-0.2, -0.15) is 4.98 Å². The van der Waals surface area contributed by atoms with Crippen molar-refractivity contribution in [1.29, 1.82) is 0 Å². The fraction of sp³-hybridized carbons (Fsp3) is 0.348. The Bertz CT molecular complexity index is 1100. The van der Waals surface area contributed by atoms with Crippen LogP contribution in [0, 0.1) is 0 Å². The molecule has 5 rings (SSSR count). The molecule has 1 fully saturated rings.